The number of allylic oxidation sites excluding steroid dienone is 2. The summed E-state index contributed by atoms with van der Waals surface area (Å²) in [5, 5.41) is 0.183. The molecule has 0 saturated carbocycles. The van der Waals surface area contributed by atoms with E-state index in [1.165, 1.54) is 0 Å². The zero-order valence-electron chi connectivity index (χ0n) is 14.7. The first kappa shape index (κ1) is 17.0. The molecule has 1 aliphatic carbocycles. The molecule has 0 aliphatic heterocycles. The van der Waals surface area contributed by atoms with Crippen LogP contribution in [0.3, 0.4) is 0 Å². The van der Waals surface area contributed by atoms with Crippen LogP contribution < -0.4 is 4.43 Å². The molecule has 0 bridgehead atoms. The number of benzene rings is 1. The molecule has 2 rings (SSSR count). The van der Waals surface area contributed by atoms with E-state index in [2.05, 4.69) is 59.0 Å². The van der Waals surface area contributed by atoms with Crippen LogP contribution >= 0.6 is 0 Å². The molecule has 1 atom stereocenters. The Labute approximate surface area is 135 Å². The van der Waals surface area contributed by atoms with Crippen LogP contribution in [-0.4, -0.2) is 14.1 Å². The third kappa shape index (κ3) is 3.89. The van der Waals surface area contributed by atoms with Gasteiger partial charge in [0.1, 0.15) is 5.75 Å². The topological polar surface area (TPSA) is 26.3 Å². The summed E-state index contributed by atoms with van der Waals surface area (Å²) in [6.07, 6.45) is 3.50. The van der Waals surface area contributed by atoms with E-state index in [1.807, 2.05) is 12.1 Å². The van der Waals surface area contributed by atoms with Gasteiger partial charge in [0.2, 0.25) is 8.32 Å². The molecule has 0 amide bonds. The van der Waals surface area contributed by atoms with E-state index < -0.39 is 8.32 Å². The van der Waals surface area contributed by atoms with Crippen molar-refractivity contribution in [2.75, 3.05) is 0 Å². The lowest BCUT2D eigenvalue weighted by atomic mass is 10.0. The normalized spacial score (nSPS) is 19.3. The first-order valence-corrected chi connectivity index (χ1v) is 11.0. The van der Waals surface area contributed by atoms with E-state index in [-0.39, 0.29) is 5.04 Å². The third-order valence-electron chi connectivity index (χ3n) is 4.82. The molecule has 0 fully saturated rings. The van der Waals surface area contributed by atoms with E-state index >= 15 is 0 Å². The summed E-state index contributed by atoms with van der Waals surface area (Å²) < 4.78 is 6.35. The van der Waals surface area contributed by atoms with Crippen LogP contribution in [-0.2, 0) is 11.2 Å². The molecule has 22 heavy (non-hydrogen) atoms. The van der Waals surface area contributed by atoms with E-state index in [9.17, 15) is 4.79 Å². The van der Waals surface area contributed by atoms with Gasteiger partial charge in [0.15, 0.2) is 5.78 Å². The molecule has 1 aromatic carbocycles. The Morgan fingerprint density at radius 2 is 1.95 bits per heavy atom. The smallest absolute Gasteiger partial charge is 0.250 e. The molecule has 3 heteroatoms. The Hall–Kier alpha value is -1.35. The highest BCUT2D eigenvalue weighted by molar-refractivity contribution is 6.74. The minimum atomic E-state index is -1.82. The van der Waals surface area contributed by atoms with Gasteiger partial charge in [-0.3, -0.25) is 4.79 Å². The van der Waals surface area contributed by atoms with E-state index in [0.29, 0.717) is 18.1 Å². The SMILES string of the molecule is C[C@H]1C=C(Cc2cccc(O[Si](C)(C)C(C)(C)C)c2)C(=O)C1. The van der Waals surface area contributed by atoms with Gasteiger partial charge in [-0.1, -0.05) is 45.9 Å². The highest BCUT2D eigenvalue weighted by Gasteiger charge is 2.38. The van der Waals surface area contributed by atoms with Crippen molar-refractivity contribution in [3.63, 3.8) is 0 Å². The van der Waals surface area contributed by atoms with E-state index in [0.717, 1.165) is 23.3 Å². The molecule has 0 heterocycles. The van der Waals surface area contributed by atoms with Crippen LogP contribution in [0.1, 0.15) is 39.7 Å². The molecule has 0 unspecified atom stereocenters. The lowest BCUT2D eigenvalue weighted by Gasteiger charge is -2.36. The second kappa shape index (κ2) is 6.03. The standard InChI is InChI=1S/C19H28O2Si/c1-14-10-16(18(20)11-14)12-15-8-7-9-17(13-15)21-22(5,6)19(2,3)4/h7-10,13-14H,11-12H2,1-6H3/t14-/m0/s1. The molecular formula is C19H28O2Si. The number of ketones is 1. The summed E-state index contributed by atoms with van der Waals surface area (Å²) in [6, 6.07) is 8.23. The quantitative estimate of drug-likeness (QED) is 0.718. The van der Waals surface area contributed by atoms with Gasteiger partial charge >= 0.3 is 0 Å². The summed E-state index contributed by atoms with van der Waals surface area (Å²) in [5.41, 5.74) is 2.11. The Morgan fingerprint density at radius 3 is 2.50 bits per heavy atom. The van der Waals surface area contributed by atoms with Crippen molar-refractivity contribution in [2.45, 2.75) is 58.7 Å². The van der Waals surface area contributed by atoms with Crippen LogP contribution in [0.25, 0.3) is 0 Å². The highest BCUT2D eigenvalue weighted by Crippen LogP contribution is 2.37. The molecule has 0 spiro atoms. The van der Waals surface area contributed by atoms with Crippen molar-refractivity contribution >= 4 is 14.1 Å². The van der Waals surface area contributed by atoms with Crippen LogP contribution in [0.15, 0.2) is 35.9 Å². The van der Waals surface area contributed by atoms with Crippen molar-refractivity contribution in [1.29, 1.82) is 0 Å². The molecule has 1 aromatic rings. The van der Waals surface area contributed by atoms with Crippen molar-refractivity contribution in [2.24, 2.45) is 5.92 Å². The monoisotopic (exact) mass is 316 g/mol. The maximum absolute atomic E-state index is 11.9. The highest BCUT2D eigenvalue weighted by atomic mass is 28.4. The lowest BCUT2D eigenvalue weighted by molar-refractivity contribution is -0.115. The molecule has 0 N–H and O–H groups in total. The second-order valence-electron chi connectivity index (χ2n) is 7.98. The Balaban J connectivity index is 2.14. The average Bonchev–Trinajstić information content (AvgIpc) is 2.66. The first-order chi connectivity index (χ1) is 10.1. The van der Waals surface area contributed by atoms with Crippen LogP contribution in [0.5, 0.6) is 5.75 Å². The van der Waals surface area contributed by atoms with Crippen LogP contribution in [0.2, 0.25) is 18.1 Å². The van der Waals surface area contributed by atoms with E-state index in [4.69, 9.17) is 4.43 Å². The lowest BCUT2D eigenvalue weighted by Crippen LogP contribution is -2.43. The summed E-state index contributed by atoms with van der Waals surface area (Å²) in [7, 11) is -1.82. The summed E-state index contributed by atoms with van der Waals surface area (Å²) in [6.45, 7) is 13.3. The van der Waals surface area contributed by atoms with Crippen LogP contribution in [0.4, 0.5) is 0 Å². The second-order valence-corrected chi connectivity index (χ2v) is 12.7. The number of carbonyl (C=O) groups excluding carboxylic acids is 1. The zero-order valence-corrected chi connectivity index (χ0v) is 15.7. The molecule has 2 nitrogen and oxygen atoms in total. The van der Waals surface area contributed by atoms with Crippen molar-refractivity contribution in [3.05, 3.63) is 41.5 Å². The number of hydrogen-bond acceptors (Lipinski definition) is 2. The van der Waals surface area contributed by atoms with Gasteiger partial charge in [-0.2, -0.15) is 0 Å². The maximum Gasteiger partial charge on any atom is 0.250 e. The summed E-state index contributed by atoms with van der Waals surface area (Å²) in [4.78, 5) is 11.9. The van der Waals surface area contributed by atoms with Gasteiger partial charge < -0.3 is 4.43 Å². The molecular weight excluding hydrogens is 288 g/mol. The van der Waals surface area contributed by atoms with Gasteiger partial charge in [0.05, 0.1) is 0 Å². The average molecular weight is 317 g/mol. The van der Waals surface area contributed by atoms with Crippen molar-refractivity contribution in [3.8, 4) is 5.75 Å². The summed E-state index contributed by atoms with van der Waals surface area (Å²) in [5.74, 6) is 1.61. The van der Waals surface area contributed by atoms with Crippen molar-refractivity contribution in [1.82, 2.24) is 0 Å². The molecule has 120 valence electrons. The predicted molar refractivity (Wildman–Crippen MR) is 94.8 cm³/mol. The number of hydrogen-bond donors (Lipinski definition) is 0. The third-order valence-corrected chi connectivity index (χ3v) is 9.18. The number of rotatable bonds is 4. The van der Waals surface area contributed by atoms with Gasteiger partial charge in [0, 0.05) is 12.8 Å². The largest absolute Gasteiger partial charge is 0.543 e. The number of Topliss-reactive ketones (excluding diaryl/α,β-unsaturated/α-hetero) is 1. The Morgan fingerprint density at radius 1 is 1.27 bits per heavy atom. The molecule has 0 aromatic heterocycles. The molecule has 0 saturated heterocycles. The fraction of sp³-hybridized carbons (Fsp3) is 0.526. The Kier molecular flexibility index (Phi) is 4.66. The van der Waals surface area contributed by atoms with Crippen LogP contribution in [0, 0.1) is 5.92 Å². The fourth-order valence-corrected chi connectivity index (χ4v) is 3.49. The molecule has 0 radical (unpaired) electrons. The maximum atomic E-state index is 11.9. The van der Waals surface area contributed by atoms with E-state index in [1.54, 1.807) is 0 Å². The Bertz CT molecular complexity index is 594. The fourth-order valence-electron chi connectivity index (χ4n) is 2.46. The predicted octanol–water partition coefficient (Wildman–Crippen LogP) is 5.15. The first-order valence-electron chi connectivity index (χ1n) is 8.10. The minimum Gasteiger partial charge on any atom is -0.543 e. The van der Waals surface area contributed by atoms with Gasteiger partial charge in [-0.15, -0.1) is 0 Å². The van der Waals surface area contributed by atoms with Gasteiger partial charge in [0.25, 0.3) is 0 Å². The minimum absolute atomic E-state index is 0.183. The summed E-state index contributed by atoms with van der Waals surface area (Å²) >= 11 is 0. The zero-order chi connectivity index (χ0) is 16.5. The molecule has 1 aliphatic rings. The van der Waals surface area contributed by atoms with Crippen molar-refractivity contribution < 1.29 is 9.22 Å². The number of carbonyl (C=O) groups is 1. The van der Waals surface area contributed by atoms with Gasteiger partial charge in [-0.25, -0.2) is 0 Å². The van der Waals surface area contributed by atoms with Gasteiger partial charge in [-0.05, 0) is 47.3 Å².